The lowest BCUT2D eigenvalue weighted by atomic mass is 10.2. The summed E-state index contributed by atoms with van der Waals surface area (Å²) in [6.45, 7) is 3.47. The summed E-state index contributed by atoms with van der Waals surface area (Å²) < 4.78 is 30.9. The Bertz CT molecular complexity index is 297. The van der Waals surface area contributed by atoms with Gasteiger partial charge in [0.2, 0.25) is 10.0 Å². The van der Waals surface area contributed by atoms with Crippen molar-refractivity contribution >= 4 is 10.0 Å². The molecule has 1 unspecified atom stereocenters. The Morgan fingerprint density at radius 2 is 2.00 bits per heavy atom. The summed E-state index contributed by atoms with van der Waals surface area (Å²) in [5.41, 5.74) is 5.62. The Morgan fingerprint density at radius 1 is 1.44 bits per heavy atom. The molecule has 6 heteroatoms. The summed E-state index contributed by atoms with van der Waals surface area (Å²) in [4.78, 5) is 0. The molecule has 1 saturated heterocycles. The number of sulfonamides is 1. The fourth-order valence-corrected chi connectivity index (χ4v) is 3.40. The summed E-state index contributed by atoms with van der Waals surface area (Å²) in [5.74, 6) is 0. The molecule has 1 aliphatic rings. The van der Waals surface area contributed by atoms with Crippen molar-refractivity contribution in [1.82, 2.24) is 4.31 Å². The summed E-state index contributed by atoms with van der Waals surface area (Å²) in [5, 5.41) is -0.278. The first-order valence-corrected chi connectivity index (χ1v) is 7.23. The summed E-state index contributed by atoms with van der Waals surface area (Å²) in [6.07, 6.45) is 1.90. The number of nitrogens with two attached hydrogens (primary N) is 1. The van der Waals surface area contributed by atoms with Crippen molar-refractivity contribution in [3.8, 4) is 0 Å². The van der Waals surface area contributed by atoms with Gasteiger partial charge >= 0.3 is 0 Å². The molecule has 0 aromatic carbocycles. The Morgan fingerprint density at radius 3 is 2.50 bits per heavy atom. The second kappa shape index (κ2) is 5.95. The molecular weight excluding hydrogens is 228 g/mol. The molecule has 1 fully saturated rings. The molecule has 2 N–H and O–H groups in total. The van der Waals surface area contributed by atoms with E-state index in [1.165, 1.54) is 4.31 Å². The van der Waals surface area contributed by atoms with Gasteiger partial charge in [-0.3, -0.25) is 0 Å². The van der Waals surface area contributed by atoms with Gasteiger partial charge in [0.05, 0.1) is 5.25 Å². The van der Waals surface area contributed by atoms with Gasteiger partial charge in [-0.05, 0) is 26.2 Å². The van der Waals surface area contributed by atoms with E-state index < -0.39 is 10.0 Å². The van der Waals surface area contributed by atoms with Gasteiger partial charge in [0.15, 0.2) is 0 Å². The molecule has 5 nitrogen and oxygen atoms in total. The zero-order valence-electron chi connectivity index (χ0n) is 10.1. The highest BCUT2D eigenvalue weighted by molar-refractivity contribution is 7.89. The lowest BCUT2D eigenvalue weighted by Gasteiger charge is -2.27. The van der Waals surface area contributed by atoms with Crippen molar-refractivity contribution in [2.75, 3.05) is 26.8 Å². The van der Waals surface area contributed by atoms with Crippen LogP contribution in [0.3, 0.4) is 0 Å². The zero-order chi connectivity index (χ0) is 12.2. The predicted octanol–water partition coefficient (Wildman–Crippen LogP) is 0.164. The van der Waals surface area contributed by atoms with Gasteiger partial charge < -0.3 is 10.5 Å². The first-order chi connectivity index (χ1) is 7.44. The van der Waals surface area contributed by atoms with E-state index in [1.807, 2.05) is 6.92 Å². The fourth-order valence-electron chi connectivity index (χ4n) is 1.74. The van der Waals surface area contributed by atoms with Gasteiger partial charge in [-0.25, -0.2) is 12.7 Å². The number of hydrogen-bond donors (Lipinski definition) is 1. The first-order valence-electron chi connectivity index (χ1n) is 5.73. The van der Waals surface area contributed by atoms with E-state index in [0.717, 1.165) is 0 Å². The number of hydrogen-bond acceptors (Lipinski definition) is 4. The van der Waals surface area contributed by atoms with E-state index >= 15 is 0 Å². The molecule has 1 aliphatic heterocycles. The number of ether oxygens (including phenoxy) is 1. The summed E-state index contributed by atoms with van der Waals surface area (Å²) >= 11 is 0. The van der Waals surface area contributed by atoms with Gasteiger partial charge in [-0.2, -0.15) is 0 Å². The van der Waals surface area contributed by atoms with E-state index in [-0.39, 0.29) is 11.3 Å². The van der Waals surface area contributed by atoms with Crippen LogP contribution in [0.25, 0.3) is 0 Å². The molecule has 0 spiro atoms. The summed E-state index contributed by atoms with van der Waals surface area (Å²) in [7, 11) is -1.53. The molecule has 0 radical (unpaired) electrons. The minimum atomic E-state index is -3.16. The molecule has 0 aromatic heterocycles. The second-order valence-corrected chi connectivity index (χ2v) is 6.76. The largest absolute Gasteiger partial charge is 0.381 e. The van der Waals surface area contributed by atoms with E-state index in [4.69, 9.17) is 10.5 Å². The SMILES string of the molecule is CC(N)CCN(C)S(=O)(=O)C1CCOCC1. The minimum Gasteiger partial charge on any atom is -0.381 e. The number of rotatable bonds is 5. The van der Waals surface area contributed by atoms with Crippen molar-refractivity contribution in [3.63, 3.8) is 0 Å². The van der Waals surface area contributed by atoms with Gasteiger partial charge in [0.25, 0.3) is 0 Å². The van der Waals surface area contributed by atoms with Gasteiger partial charge in [-0.15, -0.1) is 0 Å². The van der Waals surface area contributed by atoms with Gasteiger partial charge in [0.1, 0.15) is 0 Å². The third-order valence-electron chi connectivity index (χ3n) is 2.92. The van der Waals surface area contributed by atoms with E-state index in [0.29, 0.717) is 39.0 Å². The molecular formula is C10H22N2O3S. The predicted molar refractivity (Wildman–Crippen MR) is 63.7 cm³/mol. The average molecular weight is 250 g/mol. The Balaban J connectivity index is 2.54. The van der Waals surface area contributed by atoms with E-state index in [1.54, 1.807) is 7.05 Å². The highest BCUT2D eigenvalue weighted by atomic mass is 32.2. The maximum absolute atomic E-state index is 12.1. The lowest BCUT2D eigenvalue weighted by molar-refractivity contribution is 0.0974. The van der Waals surface area contributed by atoms with Crippen molar-refractivity contribution in [2.24, 2.45) is 5.73 Å². The second-order valence-electron chi connectivity index (χ2n) is 4.44. The van der Waals surface area contributed by atoms with Gasteiger partial charge in [0, 0.05) is 32.8 Å². The normalized spacial score (nSPS) is 21.2. The minimum absolute atomic E-state index is 0.0346. The first kappa shape index (κ1) is 13.9. The zero-order valence-corrected chi connectivity index (χ0v) is 10.9. The Kier molecular flexibility index (Phi) is 5.17. The fraction of sp³-hybridized carbons (Fsp3) is 1.00. The smallest absolute Gasteiger partial charge is 0.216 e. The Labute approximate surface area is 98.0 Å². The maximum atomic E-state index is 12.1. The molecule has 0 aliphatic carbocycles. The van der Waals surface area contributed by atoms with Crippen LogP contribution in [-0.2, 0) is 14.8 Å². The molecule has 16 heavy (non-hydrogen) atoms. The third-order valence-corrected chi connectivity index (χ3v) is 5.29. The van der Waals surface area contributed by atoms with Crippen molar-refractivity contribution in [3.05, 3.63) is 0 Å². The van der Waals surface area contributed by atoms with E-state index in [2.05, 4.69) is 0 Å². The summed E-state index contributed by atoms with van der Waals surface area (Å²) in [6, 6.07) is 0.0346. The standard InChI is InChI=1S/C10H22N2O3S/c1-9(11)3-6-12(2)16(13,14)10-4-7-15-8-5-10/h9-10H,3-8,11H2,1-2H3. The molecule has 1 rings (SSSR count). The highest BCUT2D eigenvalue weighted by Gasteiger charge is 2.30. The van der Waals surface area contributed by atoms with Crippen LogP contribution in [0.1, 0.15) is 26.2 Å². The van der Waals surface area contributed by atoms with Crippen molar-refractivity contribution < 1.29 is 13.2 Å². The molecule has 1 atom stereocenters. The number of nitrogens with zero attached hydrogens (tertiary/aromatic N) is 1. The molecule has 0 bridgehead atoms. The molecule has 0 aromatic rings. The lowest BCUT2D eigenvalue weighted by Crippen LogP contribution is -2.40. The van der Waals surface area contributed by atoms with Crippen LogP contribution >= 0.6 is 0 Å². The van der Waals surface area contributed by atoms with Crippen LogP contribution in [-0.4, -0.2) is 50.8 Å². The highest BCUT2D eigenvalue weighted by Crippen LogP contribution is 2.18. The van der Waals surface area contributed by atoms with Crippen LogP contribution in [0, 0.1) is 0 Å². The van der Waals surface area contributed by atoms with Crippen LogP contribution in [0.15, 0.2) is 0 Å². The monoisotopic (exact) mass is 250 g/mol. The van der Waals surface area contributed by atoms with Crippen molar-refractivity contribution in [1.29, 1.82) is 0 Å². The Hall–Kier alpha value is -0.170. The molecule has 96 valence electrons. The maximum Gasteiger partial charge on any atom is 0.216 e. The van der Waals surface area contributed by atoms with Crippen LogP contribution in [0.2, 0.25) is 0 Å². The van der Waals surface area contributed by atoms with Crippen LogP contribution in [0.5, 0.6) is 0 Å². The van der Waals surface area contributed by atoms with Crippen LogP contribution in [0.4, 0.5) is 0 Å². The van der Waals surface area contributed by atoms with Crippen molar-refractivity contribution in [2.45, 2.75) is 37.5 Å². The van der Waals surface area contributed by atoms with E-state index in [9.17, 15) is 8.42 Å². The van der Waals surface area contributed by atoms with Gasteiger partial charge in [-0.1, -0.05) is 0 Å². The molecule has 0 saturated carbocycles. The topological polar surface area (TPSA) is 72.6 Å². The quantitative estimate of drug-likeness (QED) is 0.754. The average Bonchev–Trinajstić information content (AvgIpc) is 2.27. The molecule has 0 amide bonds. The third kappa shape index (κ3) is 3.69. The van der Waals surface area contributed by atoms with Crippen LogP contribution < -0.4 is 5.73 Å². The molecule has 1 heterocycles.